The number of likely N-dealkylation sites (tertiary alicyclic amines) is 1. The first-order chi connectivity index (χ1) is 17.5. The summed E-state index contributed by atoms with van der Waals surface area (Å²) in [6.07, 6.45) is 11.6. The molecule has 3 heterocycles. The highest BCUT2D eigenvalue weighted by Gasteiger charge is 2.38. The van der Waals surface area contributed by atoms with Crippen LogP contribution < -0.4 is 4.74 Å². The summed E-state index contributed by atoms with van der Waals surface area (Å²) >= 11 is 0. The monoisotopic (exact) mass is 488 g/mol. The molecule has 3 aromatic rings. The van der Waals surface area contributed by atoms with Crippen molar-refractivity contribution in [3.05, 3.63) is 47.7 Å². The van der Waals surface area contributed by atoms with Crippen LogP contribution in [0, 0.1) is 11.8 Å². The van der Waals surface area contributed by atoms with E-state index in [2.05, 4.69) is 37.8 Å². The van der Waals surface area contributed by atoms with Crippen LogP contribution in [-0.2, 0) is 4.79 Å². The summed E-state index contributed by atoms with van der Waals surface area (Å²) in [7, 11) is 0. The molecule has 1 aliphatic carbocycles. The van der Waals surface area contributed by atoms with Gasteiger partial charge in [-0.25, -0.2) is 4.98 Å². The number of fused-ring (bicyclic) bond motifs is 3. The quantitative estimate of drug-likeness (QED) is 0.265. The molecule has 1 aliphatic heterocycles. The molecule has 0 spiro atoms. The number of hydrogen-bond acceptors (Lipinski definition) is 5. The van der Waals surface area contributed by atoms with Gasteiger partial charge in [-0.15, -0.1) is 0 Å². The topological polar surface area (TPSA) is 55.6 Å². The Morgan fingerprint density at radius 2 is 2.06 bits per heavy atom. The zero-order valence-electron chi connectivity index (χ0n) is 22.1. The Hall–Kier alpha value is -2.66. The van der Waals surface area contributed by atoms with Crippen LogP contribution in [0.3, 0.4) is 0 Å². The van der Waals surface area contributed by atoms with Crippen molar-refractivity contribution in [2.45, 2.75) is 71.6 Å². The van der Waals surface area contributed by atoms with Gasteiger partial charge in [0.05, 0.1) is 11.8 Å². The Labute approximate surface area is 214 Å². The zero-order chi connectivity index (χ0) is 25.1. The van der Waals surface area contributed by atoms with Gasteiger partial charge in [0.2, 0.25) is 5.88 Å². The summed E-state index contributed by atoms with van der Waals surface area (Å²) in [6, 6.07) is 8.03. The number of aromatic nitrogens is 1. The van der Waals surface area contributed by atoms with Gasteiger partial charge in [-0.1, -0.05) is 25.5 Å². The lowest BCUT2D eigenvalue weighted by Gasteiger charge is -2.35. The zero-order valence-corrected chi connectivity index (χ0v) is 22.1. The Bertz CT molecular complexity index is 1240. The van der Waals surface area contributed by atoms with Crippen molar-refractivity contribution in [3.63, 3.8) is 0 Å². The van der Waals surface area contributed by atoms with Crippen molar-refractivity contribution in [2.75, 3.05) is 26.2 Å². The fourth-order valence-electron chi connectivity index (χ4n) is 5.99. The predicted octanol–water partition coefficient (Wildman–Crippen LogP) is 7.29. The Morgan fingerprint density at radius 1 is 1.22 bits per heavy atom. The van der Waals surface area contributed by atoms with Crippen LogP contribution in [0.4, 0.5) is 0 Å². The van der Waals surface area contributed by atoms with Gasteiger partial charge in [-0.3, -0.25) is 9.69 Å². The SMILES string of the molecule is CC/C=C(\C)CCC(C(=O)C1CCC1C)c1coc2ccc3nc(OCCN4CCCC4)ccc3c12. The van der Waals surface area contributed by atoms with Gasteiger partial charge >= 0.3 is 0 Å². The number of hydrogen-bond donors (Lipinski definition) is 0. The summed E-state index contributed by atoms with van der Waals surface area (Å²) in [6.45, 7) is 10.5. The van der Waals surface area contributed by atoms with E-state index < -0.39 is 0 Å². The maximum Gasteiger partial charge on any atom is 0.213 e. The highest BCUT2D eigenvalue weighted by molar-refractivity contribution is 6.08. The number of furan rings is 1. The molecule has 2 fully saturated rings. The van der Waals surface area contributed by atoms with E-state index >= 15 is 0 Å². The van der Waals surface area contributed by atoms with Crippen LogP contribution in [0.5, 0.6) is 5.88 Å². The first-order valence-corrected chi connectivity index (χ1v) is 13.9. The molecule has 3 unspecified atom stereocenters. The molecule has 192 valence electrons. The second-order valence-electron chi connectivity index (χ2n) is 10.9. The molecule has 36 heavy (non-hydrogen) atoms. The second-order valence-corrected chi connectivity index (χ2v) is 10.9. The van der Waals surface area contributed by atoms with Crippen molar-refractivity contribution < 1.29 is 13.9 Å². The first-order valence-electron chi connectivity index (χ1n) is 13.9. The number of benzene rings is 1. The normalized spacial score (nSPS) is 21.7. The number of rotatable bonds is 11. The third-order valence-corrected chi connectivity index (χ3v) is 8.35. The fourth-order valence-corrected chi connectivity index (χ4v) is 5.99. The lowest BCUT2D eigenvalue weighted by Crippen LogP contribution is -2.34. The van der Waals surface area contributed by atoms with Crippen molar-refractivity contribution in [2.24, 2.45) is 11.8 Å². The van der Waals surface area contributed by atoms with Crippen LogP contribution in [0.25, 0.3) is 21.9 Å². The van der Waals surface area contributed by atoms with Gasteiger partial charge in [-0.05, 0) is 89.1 Å². The molecule has 0 amide bonds. The smallest absolute Gasteiger partial charge is 0.213 e. The average molecular weight is 489 g/mol. The molecule has 2 aliphatic rings. The number of carbonyl (C=O) groups is 1. The van der Waals surface area contributed by atoms with E-state index in [0.29, 0.717) is 24.2 Å². The summed E-state index contributed by atoms with van der Waals surface area (Å²) in [5, 5.41) is 2.06. The highest BCUT2D eigenvalue weighted by atomic mass is 16.5. The summed E-state index contributed by atoms with van der Waals surface area (Å²) in [5.41, 5.74) is 4.08. The number of ketones is 1. The number of Topliss-reactive ketones (excluding diaryl/α,β-unsaturated/α-hetero) is 1. The Balaban J connectivity index is 1.43. The van der Waals surface area contributed by atoms with Crippen molar-refractivity contribution in [1.82, 2.24) is 9.88 Å². The van der Waals surface area contributed by atoms with Crippen molar-refractivity contribution in [1.29, 1.82) is 0 Å². The fraction of sp³-hybridized carbons (Fsp3) is 0.548. The molecule has 1 saturated heterocycles. The van der Waals surface area contributed by atoms with Gasteiger partial charge in [-0.2, -0.15) is 0 Å². The Kier molecular flexibility index (Phi) is 7.76. The van der Waals surface area contributed by atoms with Crippen molar-refractivity contribution >= 4 is 27.7 Å². The molecule has 1 aromatic carbocycles. The third-order valence-electron chi connectivity index (χ3n) is 8.35. The van der Waals surface area contributed by atoms with Crippen LogP contribution in [0.1, 0.15) is 77.2 Å². The molecular weight excluding hydrogens is 448 g/mol. The van der Waals surface area contributed by atoms with E-state index in [-0.39, 0.29) is 11.8 Å². The molecular formula is C31H40N2O3. The number of allylic oxidation sites excluding steroid dienone is 2. The minimum Gasteiger partial charge on any atom is -0.476 e. The molecule has 0 radical (unpaired) electrons. The lowest BCUT2D eigenvalue weighted by atomic mass is 9.68. The maximum absolute atomic E-state index is 13.8. The number of carbonyl (C=O) groups excluding carboxylic acids is 1. The summed E-state index contributed by atoms with van der Waals surface area (Å²) in [5.74, 6) is 1.53. The number of pyridine rings is 1. The summed E-state index contributed by atoms with van der Waals surface area (Å²) < 4.78 is 12.0. The molecule has 2 aromatic heterocycles. The number of nitrogens with zero attached hydrogens (tertiary/aromatic N) is 2. The van der Waals surface area contributed by atoms with Gasteiger partial charge in [0.1, 0.15) is 18.0 Å². The molecule has 5 nitrogen and oxygen atoms in total. The molecule has 1 saturated carbocycles. The summed E-state index contributed by atoms with van der Waals surface area (Å²) in [4.78, 5) is 21.0. The van der Waals surface area contributed by atoms with E-state index in [1.807, 2.05) is 24.5 Å². The largest absolute Gasteiger partial charge is 0.476 e. The third kappa shape index (κ3) is 5.22. The van der Waals surface area contributed by atoms with Gasteiger partial charge < -0.3 is 9.15 Å². The van der Waals surface area contributed by atoms with Crippen LogP contribution in [0.15, 0.2) is 46.6 Å². The van der Waals surface area contributed by atoms with E-state index in [9.17, 15) is 4.79 Å². The standard InChI is InChI=1S/C31H40N2O3/c1-4-7-21(2)8-10-24(31(34)23-11-9-22(23)3)26-20-36-28-14-13-27-25(30(26)28)12-15-29(32-27)35-19-18-33-16-5-6-17-33/h7,12-15,20,22-24H,4-6,8-11,16-19H2,1-3H3/b21-7+. The molecule has 0 N–H and O–H groups in total. The van der Waals surface area contributed by atoms with Gasteiger partial charge in [0, 0.05) is 40.8 Å². The van der Waals surface area contributed by atoms with Gasteiger partial charge in [0.15, 0.2) is 0 Å². The van der Waals surface area contributed by atoms with Crippen LogP contribution in [-0.4, -0.2) is 41.9 Å². The Morgan fingerprint density at radius 3 is 2.78 bits per heavy atom. The minimum absolute atomic E-state index is 0.152. The molecule has 0 bridgehead atoms. The molecule has 5 heteroatoms. The highest BCUT2D eigenvalue weighted by Crippen LogP contribution is 2.43. The number of ether oxygens (including phenoxy) is 1. The van der Waals surface area contributed by atoms with Crippen LogP contribution in [0.2, 0.25) is 0 Å². The van der Waals surface area contributed by atoms with Gasteiger partial charge in [0.25, 0.3) is 0 Å². The van der Waals surface area contributed by atoms with Crippen molar-refractivity contribution in [3.8, 4) is 5.88 Å². The maximum atomic E-state index is 13.8. The molecule has 3 atom stereocenters. The molecule has 5 rings (SSSR count). The van der Waals surface area contributed by atoms with E-state index in [1.54, 1.807) is 0 Å². The second kappa shape index (κ2) is 11.2. The minimum atomic E-state index is -0.152. The first kappa shape index (κ1) is 25.0. The van der Waals surface area contributed by atoms with E-state index in [4.69, 9.17) is 14.1 Å². The van der Waals surface area contributed by atoms with E-state index in [1.165, 1.54) is 31.5 Å². The van der Waals surface area contributed by atoms with Crippen LogP contribution >= 0.6 is 0 Å². The lowest BCUT2D eigenvalue weighted by molar-refractivity contribution is -0.129. The van der Waals surface area contributed by atoms with E-state index in [0.717, 1.165) is 66.1 Å². The average Bonchev–Trinajstić information content (AvgIpc) is 3.54. The predicted molar refractivity (Wildman–Crippen MR) is 146 cm³/mol.